The molecule has 0 saturated carbocycles. The molecular weight excluding hydrogens is 290 g/mol. The van der Waals surface area contributed by atoms with Crippen LogP contribution in [0.5, 0.6) is 0 Å². The number of nitrogens with zero attached hydrogens (tertiary/aromatic N) is 1. The van der Waals surface area contributed by atoms with E-state index < -0.39 is 16.2 Å². The van der Waals surface area contributed by atoms with Crippen molar-refractivity contribution in [3.8, 4) is 0 Å². The topological polar surface area (TPSA) is 69.4 Å². The van der Waals surface area contributed by atoms with Gasteiger partial charge in [-0.3, -0.25) is 4.18 Å². The van der Waals surface area contributed by atoms with Gasteiger partial charge in [-0.05, 0) is 17.7 Å². The Morgan fingerprint density at radius 1 is 1.05 bits per heavy atom. The number of rotatable bonds is 4. The van der Waals surface area contributed by atoms with Gasteiger partial charge in [-0.1, -0.05) is 42.5 Å². The monoisotopic (exact) mass is 303 g/mol. The lowest BCUT2D eigenvalue weighted by Gasteiger charge is -2.12. The third kappa shape index (κ3) is 3.12. The van der Waals surface area contributed by atoms with Crippen molar-refractivity contribution in [1.82, 2.24) is 4.98 Å². The fourth-order valence-corrected chi connectivity index (χ4v) is 2.59. The number of aromatic nitrogens is 1. The minimum Gasteiger partial charge on any atom is -0.437 e. The van der Waals surface area contributed by atoms with Crippen LogP contribution in [-0.4, -0.2) is 19.7 Å². The van der Waals surface area contributed by atoms with E-state index in [1.807, 2.05) is 18.2 Å². The van der Waals surface area contributed by atoms with Gasteiger partial charge in [0.15, 0.2) is 11.7 Å². The number of para-hydroxylation sites is 2. The predicted molar refractivity (Wildman–Crippen MR) is 78.2 cm³/mol. The summed E-state index contributed by atoms with van der Waals surface area (Å²) in [5, 5.41) is 0. The Kier molecular flexibility index (Phi) is 3.48. The van der Waals surface area contributed by atoms with E-state index in [0.717, 1.165) is 6.26 Å². The summed E-state index contributed by atoms with van der Waals surface area (Å²) >= 11 is 0. The van der Waals surface area contributed by atoms with E-state index in [4.69, 9.17) is 8.60 Å². The van der Waals surface area contributed by atoms with Gasteiger partial charge >= 0.3 is 0 Å². The van der Waals surface area contributed by atoms with Crippen molar-refractivity contribution in [3.05, 3.63) is 66.1 Å². The Morgan fingerprint density at radius 2 is 1.71 bits per heavy atom. The standard InChI is InChI=1S/C15H13NO4S/c1-21(17,18)20-14(11-7-3-2-4-8-11)15-16-12-9-5-6-10-13(12)19-15/h2-10,14H,1H3. The first-order valence-electron chi connectivity index (χ1n) is 6.31. The van der Waals surface area contributed by atoms with Gasteiger partial charge in [-0.25, -0.2) is 4.98 Å². The molecule has 0 bridgehead atoms. The molecule has 1 unspecified atom stereocenters. The lowest BCUT2D eigenvalue weighted by Crippen LogP contribution is -2.12. The average molecular weight is 303 g/mol. The number of hydrogen-bond acceptors (Lipinski definition) is 5. The van der Waals surface area contributed by atoms with Crippen molar-refractivity contribution < 1.29 is 17.0 Å². The van der Waals surface area contributed by atoms with Crippen LogP contribution in [0.15, 0.2) is 59.0 Å². The van der Waals surface area contributed by atoms with E-state index in [0.29, 0.717) is 16.7 Å². The highest BCUT2D eigenvalue weighted by atomic mass is 32.2. The highest BCUT2D eigenvalue weighted by molar-refractivity contribution is 7.86. The van der Waals surface area contributed by atoms with Crippen molar-refractivity contribution in [3.63, 3.8) is 0 Å². The van der Waals surface area contributed by atoms with Gasteiger partial charge < -0.3 is 4.42 Å². The van der Waals surface area contributed by atoms with Crippen molar-refractivity contribution in [1.29, 1.82) is 0 Å². The smallest absolute Gasteiger partial charge is 0.265 e. The lowest BCUT2D eigenvalue weighted by molar-refractivity contribution is 0.220. The highest BCUT2D eigenvalue weighted by Crippen LogP contribution is 2.29. The lowest BCUT2D eigenvalue weighted by atomic mass is 10.1. The Hall–Kier alpha value is -2.18. The maximum Gasteiger partial charge on any atom is 0.265 e. The first-order chi connectivity index (χ1) is 10.0. The molecule has 0 N–H and O–H groups in total. The Morgan fingerprint density at radius 3 is 2.38 bits per heavy atom. The molecular formula is C15H13NO4S. The summed E-state index contributed by atoms with van der Waals surface area (Å²) in [4.78, 5) is 4.32. The minimum absolute atomic E-state index is 0.216. The third-order valence-electron chi connectivity index (χ3n) is 2.91. The normalized spacial score (nSPS) is 13.4. The molecule has 1 heterocycles. The van der Waals surface area contributed by atoms with Gasteiger partial charge in [0.2, 0.25) is 5.89 Å². The second-order valence-electron chi connectivity index (χ2n) is 4.61. The Bertz CT molecular complexity index is 823. The predicted octanol–water partition coefficient (Wildman–Crippen LogP) is 2.89. The quantitative estimate of drug-likeness (QED) is 0.693. The maximum absolute atomic E-state index is 11.5. The Labute approximate surface area is 122 Å². The number of fused-ring (bicyclic) bond motifs is 1. The molecule has 21 heavy (non-hydrogen) atoms. The van der Waals surface area contributed by atoms with Crippen molar-refractivity contribution in [2.24, 2.45) is 0 Å². The minimum atomic E-state index is -3.66. The fourth-order valence-electron chi connectivity index (χ4n) is 2.04. The highest BCUT2D eigenvalue weighted by Gasteiger charge is 2.25. The summed E-state index contributed by atoms with van der Waals surface area (Å²) < 4.78 is 33.8. The molecule has 6 heteroatoms. The molecule has 1 aromatic heterocycles. The second kappa shape index (κ2) is 5.31. The van der Waals surface area contributed by atoms with Gasteiger partial charge in [-0.2, -0.15) is 8.42 Å². The molecule has 0 saturated heterocycles. The number of oxazole rings is 1. The van der Waals surface area contributed by atoms with Gasteiger partial charge in [0, 0.05) is 0 Å². The average Bonchev–Trinajstić information content (AvgIpc) is 2.88. The van der Waals surface area contributed by atoms with Crippen LogP contribution in [0.2, 0.25) is 0 Å². The summed E-state index contributed by atoms with van der Waals surface area (Å²) in [5.74, 6) is 0.216. The van der Waals surface area contributed by atoms with E-state index in [-0.39, 0.29) is 5.89 Å². The largest absolute Gasteiger partial charge is 0.437 e. The zero-order valence-electron chi connectivity index (χ0n) is 11.3. The zero-order chi connectivity index (χ0) is 14.9. The van der Waals surface area contributed by atoms with Crippen LogP contribution in [0.1, 0.15) is 17.6 Å². The first kappa shape index (κ1) is 13.8. The molecule has 0 fully saturated rings. The van der Waals surface area contributed by atoms with E-state index in [9.17, 15) is 8.42 Å². The molecule has 0 amide bonds. The van der Waals surface area contributed by atoms with Crippen LogP contribution in [0.25, 0.3) is 11.1 Å². The molecule has 1 atom stereocenters. The molecule has 0 spiro atoms. The third-order valence-corrected chi connectivity index (χ3v) is 3.45. The van der Waals surface area contributed by atoms with Gasteiger partial charge in [0.05, 0.1) is 6.26 Å². The zero-order valence-corrected chi connectivity index (χ0v) is 12.1. The SMILES string of the molecule is CS(=O)(=O)OC(c1ccccc1)c1nc2ccccc2o1. The fraction of sp³-hybridized carbons (Fsp3) is 0.133. The molecule has 3 aromatic rings. The molecule has 0 aliphatic carbocycles. The van der Waals surface area contributed by atoms with Gasteiger partial charge in [-0.15, -0.1) is 0 Å². The molecule has 0 aliphatic rings. The van der Waals surface area contributed by atoms with Crippen molar-refractivity contribution in [2.45, 2.75) is 6.10 Å². The maximum atomic E-state index is 11.5. The molecule has 5 nitrogen and oxygen atoms in total. The van der Waals surface area contributed by atoms with Gasteiger partial charge in [0.1, 0.15) is 5.52 Å². The summed E-state index contributed by atoms with van der Waals surface area (Å²) in [5.41, 5.74) is 1.91. The number of hydrogen-bond donors (Lipinski definition) is 0. The van der Waals surface area contributed by atoms with E-state index in [2.05, 4.69) is 4.98 Å². The van der Waals surface area contributed by atoms with Crippen LogP contribution in [-0.2, 0) is 14.3 Å². The summed E-state index contributed by atoms with van der Waals surface area (Å²) in [7, 11) is -3.66. The van der Waals surface area contributed by atoms with Crippen LogP contribution >= 0.6 is 0 Å². The summed E-state index contributed by atoms with van der Waals surface area (Å²) in [6.07, 6.45) is 0.111. The van der Waals surface area contributed by atoms with E-state index in [1.165, 1.54) is 0 Å². The summed E-state index contributed by atoms with van der Waals surface area (Å²) in [6.45, 7) is 0. The van der Waals surface area contributed by atoms with Crippen LogP contribution in [0.3, 0.4) is 0 Å². The van der Waals surface area contributed by atoms with E-state index >= 15 is 0 Å². The van der Waals surface area contributed by atoms with Crippen molar-refractivity contribution >= 4 is 21.2 Å². The van der Waals surface area contributed by atoms with Crippen molar-refractivity contribution in [2.75, 3.05) is 6.26 Å². The molecule has 0 aliphatic heterocycles. The molecule has 108 valence electrons. The summed E-state index contributed by atoms with van der Waals surface area (Å²) in [6, 6.07) is 16.2. The van der Waals surface area contributed by atoms with E-state index in [1.54, 1.807) is 36.4 Å². The van der Waals surface area contributed by atoms with Crippen LogP contribution in [0, 0.1) is 0 Å². The molecule has 2 aromatic carbocycles. The molecule has 0 radical (unpaired) electrons. The molecule has 3 rings (SSSR count). The van der Waals surface area contributed by atoms with Gasteiger partial charge in [0.25, 0.3) is 10.1 Å². The first-order valence-corrected chi connectivity index (χ1v) is 8.13. The Balaban J connectivity index is 2.10. The van der Waals surface area contributed by atoms with Crippen LogP contribution in [0.4, 0.5) is 0 Å². The second-order valence-corrected chi connectivity index (χ2v) is 6.21. The van der Waals surface area contributed by atoms with Crippen LogP contribution < -0.4 is 0 Å². The number of benzene rings is 2.